The van der Waals surface area contributed by atoms with Gasteiger partial charge >= 0.3 is 0 Å². The Hall–Kier alpha value is -1.49. The molecule has 1 aliphatic rings. The van der Waals surface area contributed by atoms with Crippen LogP contribution in [0.1, 0.15) is 12.8 Å². The van der Waals surface area contributed by atoms with E-state index in [0.29, 0.717) is 23.6 Å². The van der Waals surface area contributed by atoms with Gasteiger partial charge in [-0.25, -0.2) is 15.0 Å². The van der Waals surface area contributed by atoms with Crippen molar-refractivity contribution in [3.63, 3.8) is 0 Å². The minimum absolute atomic E-state index is 0.130. The summed E-state index contributed by atoms with van der Waals surface area (Å²) in [5.41, 5.74) is 0.887. The largest absolute Gasteiger partial charge is 0.290 e. The molecule has 0 amide bonds. The molecule has 0 N–H and O–H groups in total. The Balaban J connectivity index is 2.26. The van der Waals surface area contributed by atoms with Crippen molar-refractivity contribution in [2.75, 3.05) is 0 Å². The average molecular weight is 237 g/mol. The van der Waals surface area contributed by atoms with Crippen molar-refractivity contribution in [1.82, 2.24) is 19.5 Å². The summed E-state index contributed by atoms with van der Waals surface area (Å²) in [6.45, 7) is 0.700. The van der Waals surface area contributed by atoms with Crippen LogP contribution >= 0.6 is 11.6 Å². The molecule has 0 aliphatic heterocycles. The number of rotatable bonds is 2. The molecule has 0 unspecified atom stereocenters. The summed E-state index contributed by atoms with van der Waals surface area (Å²) >= 11 is 5.90. The molecule has 1 aliphatic carbocycles. The van der Waals surface area contributed by atoms with E-state index in [2.05, 4.69) is 15.0 Å². The van der Waals surface area contributed by atoms with Gasteiger partial charge in [-0.05, 0) is 18.8 Å². The van der Waals surface area contributed by atoms with Crippen LogP contribution in [0.3, 0.4) is 0 Å². The minimum Gasteiger partial charge on any atom is -0.290 e. The first kappa shape index (κ1) is 9.72. The van der Waals surface area contributed by atoms with E-state index in [1.165, 1.54) is 25.4 Å². The summed E-state index contributed by atoms with van der Waals surface area (Å²) in [6.07, 6.45) is 4.99. The van der Waals surface area contributed by atoms with Gasteiger partial charge in [-0.2, -0.15) is 0 Å². The van der Waals surface area contributed by atoms with Gasteiger partial charge < -0.3 is 0 Å². The summed E-state index contributed by atoms with van der Waals surface area (Å²) in [5, 5.41) is 0.287. The van der Waals surface area contributed by atoms with Gasteiger partial charge in [0.1, 0.15) is 11.8 Å². The Kier molecular flexibility index (Phi) is 2.14. The summed E-state index contributed by atoms with van der Waals surface area (Å²) < 4.78 is 1.63. The third-order valence-corrected chi connectivity index (χ3v) is 3.00. The maximum atomic E-state index is 11.7. The van der Waals surface area contributed by atoms with Gasteiger partial charge in [0.25, 0.3) is 5.56 Å². The molecule has 1 fully saturated rings. The molecule has 0 spiro atoms. The molecular weight excluding hydrogens is 228 g/mol. The third-order valence-electron chi connectivity index (χ3n) is 2.72. The van der Waals surface area contributed by atoms with Gasteiger partial charge in [0.05, 0.1) is 6.20 Å². The highest BCUT2D eigenvalue weighted by Crippen LogP contribution is 2.30. The Bertz CT molecular complexity index is 605. The molecule has 0 atom stereocenters. The first-order valence-corrected chi connectivity index (χ1v) is 5.49. The molecule has 0 radical (unpaired) electrons. The highest BCUT2D eigenvalue weighted by molar-refractivity contribution is 6.33. The third kappa shape index (κ3) is 1.57. The van der Waals surface area contributed by atoms with Crippen molar-refractivity contribution in [1.29, 1.82) is 0 Å². The maximum Gasteiger partial charge on any atom is 0.270 e. The number of fused-ring (bicyclic) bond motifs is 1. The maximum absolute atomic E-state index is 11.7. The molecule has 0 bridgehead atoms. The highest BCUT2D eigenvalue weighted by atomic mass is 35.5. The van der Waals surface area contributed by atoms with Crippen molar-refractivity contribution in [2.45, 2.75) is 19.4 Å². The minimum atomic E-state index is -0.130. The first-order valence-electron chi connectivity index (χ1n) is 5.12. The second kappa shape index (κ2) is 3.52. The van der Waals surface area contributed by atoms with Crippen molar-refractivity contribution < 1.29 is 0 Å². The number of hydrogen-bond acceptors (Lipinski definition) is 4. The quantitative estimate of drug-likeness (QED) is 0.737. The van der Waals surface area contributed by atoms with E-state index in [1.807, 2.05) is 0 Å². The molecule has 2 aromatic heterocycles. The zero-order valence-corrected chi connectivity index (χ0v) is 9.18. The van der Waals surface area contributed by atoms with Crippen molar-refractivity contribution in [3.05, 3.63) is 28.0 Å². The Morgan fingerprint density at radius 2 is 2.19 bits per heavy atom. The van der Waals surface area contributed by atoms with Crippen LogP contribution in [-0.2, 0) is 6.54 Å². The molecule has 3 rings (SSSR count). The fourth-order valence-electron chi connectivity index (χ4n) is 1.69. The Morgan fingerprint density at radius 3 is 2.94 bits per heavy atom. The summed E-state index contributed by atoms with van der Waals surface area (Å²) in [4.78, 5) is 23.6. The molecular formula is C10H9ClN4O. The lowest BCUT2D eigenvalue weighted by molar-refractivity contribution is 0.618. The molecule has 0 aromatic carbocycles. The highest BCUT2D eigenvalue weighted by Gasteiger charge is 2.23. The second-order valence-electron chi connectivity index (χ2n) is 3.99. The zero-order chi connectivity index (χ0) is 11.1. The Morgan fingerprint density at radius 1 is 1.38 bits per heavy atom. The van der Waals surface area contributed by atoms with Gasteiger partial charge in [0.2, 0.25) is 0 Å². The lowest BCUT2D eigenvalue weighted by Crippen LogP contribution is -2.22. The number of aromatic nitrogens is 4. The van der Waals surface area contributed by atoms with E-state index < -0.39 is 0 Å². The number of hydrogen-bond donors (Lipinski definition) is 0. The monoisotopic (exact) mass is 236 g/mol. The van der Waals surface area contributed by atoms with Crippen molar-refractivity contribution in [2.24, 2.45) is 5.92 Å². The Labute approximate surface area is 96.1 Å². The number of halogens is 1. The normalized spacial score (nSPS) is 15.6. The average Bonchev–Trinajstić information content (AvgIpc) is 3.07. The van der Waals surface area contributed by atoms with E-state index in [-0.39, 0.29) is 10.7 Å². The molecule has 6 heteroatoms. The molecule has 1 saturated carbocycles. The van der Waals surface area contributed by atoms with Gasteiger partial charge in [-0.15, -0.1) is 0 Å². The zero-order valence-electron chi connectivity index (χ0n) is 8.43. The topological polar surface area (TPSA) is 60.7 Å². The summed E-state index contributed by atoms with van der Waals surface area (Å²) in [7, 11) is 0. The van der Waals surface area contributed by atoms with Crippen LogP contribution < -0.4 is 5.56 Å². The predicted octanol–water partition coefficient (Wildman–Crippen LogP) is 1.25. The van der Waals surface area contributed by atoms with Crippen LogP contribution in [0.25, 0.3) is 11.2 Å². The van der Waals surface area contributed by atoms with E-state index in [9.17, 15) is 4.79 Å². The van der Waals surface area contributed by atoms with Gasteiger partial charge in [-0.3, -0.25) is 9.36 Å². The first-order chi connectivity index (χ1) is 7.75. The molecule has 5 nitrogen and oxygen atoms in total. The molecule has 2 aromatic rings. The van der Waals surface area contributed by atoms with Gasteiger partial charge in [0.15, 0.2) is 10.8 Å². The van der Waals surface area contributed by atoms with E-state index in [4.69, 9.17) is 11.6 Å². The van der Waals surface area contributed by atoms with Crippen LogP contribution in [0.15, 0.2) is 17.3 Å². The summed E-state index contributed by atoms with van der Waals surface area (Å²) in [5.74, 6) is 0.594. The standard InChI is InChI=1S/C10H9ClN4O/c11-9-8-10(14-5-13-9)15(4-6-1-2-6)7(16)3-12-8/h3,5-6H,1-2,4H2. The van der Waals surface area contributed by atoms with Crippen molar-refractivity contribution >= 4 is 22.8 Å². The fraction of sp³-hybridized carbons (Fsp3) is 0.400. The smallest absolute Gasteiger partial charge is 0.270 e. The van der Waals surface area contributed by atoms with Crippen LogP contribution in [-0.4, -0.2) is 19.5 Å². The van der Waals surface area contributed by atoms with Crippen LogP contribution in [0, 0.1) is 5.92 Å². The van der Waals surface area contributed by atoms with Gasteiger partial charge in [-0.1, -0.05) is 11.6 Å². The number of nitrogens with zero attached hydrogens (tertiary/aromatic N) is 4. The second-order valence-corrected chi connectivity index (χ2v) is 4.35. The predicted molar refractivity (Wildman–Crippen MR) is 59.3 cm³/mol. The lowest BCUT2D eigenvalue weighted by Gasteiger charge is -2.07. The molecule has 82 valence electrons. The van der Waals surface area contributed by atoms with Crippen molar-refractivity contribution in [3.8, 4) is 0 Å². The SMILES string of the molecule is O=c1cnc2c(Cl)ncnc2n1CC1CC1. The van der Waals surface area contributed by atoms with Crippen LogP contribution in [0.2, 0.25) is 5.15 Å². The fourth-order valence-corrected chi connectivity index (χ4v) is 1.86. The lowest BCUT2D eigenvalue weighted by atomic mass is 10.4. The van der Waals surface area contributed by atoms with E-state index in [1.54, 1.807) is 4.57 Å². The molecule has 0 saturated heterocycles. The van der Waals surface area contributed by atoms with Gasteiger partial charge in [0, 0.05) is 6.54 Å². The van der Waals surface area contributed by atoms with E-state index in [0.717, 1.165) is 0 Å². The molecule has 2 heterocycles. The van der Waals surface area contributed by atoms with Crippen LogP contribution in [0.4, 0.5) is 0 Å². The summed E-state index contributed by atoms with van der Waals surface area (Å²) in [6, 6.07) is 0. The molecule has 16 heavy (non-hydrogen) atoms. The van der Waals surface area contributed by atoms with Crippen LogP contribution in [0.5, 0.6) is 0 Å². The van der Waals surface area contributed by atoms with E-state index >= 15 is 0 Å².